The van der Waals surface area contributed by atoms with Crippen molar-refractivity contribution in [2.45, 2.75) is 367 Å². The van der Waals surface area contributed by atoms with E-state index in [4.69, 9.17) is 14.2 Å². The summed E-state index contributed by atoms with van der Waals surface area (Å²) in [6.45, 7) is 6.57. The molecule has 464 valence electrons. The van der Waals surface area contributed by atoms with E-state index in [2.05, 4.69) is 93.7 Å². The molecule has 0 aliphatic heterocycles. The van der Waals surface area contributed by atoms with Crippen LogP contribution in [-0.4, -0.2) is 37.2 Å². The highest BCUT2D eigenvalue weighted by atomic mass is 16.6. The van der Waals surface area contributed by atoms with Crippen molar-refractivity contribution in [2.75, 3.05) is 13.2 Å². The molecule has 1 atom stereocenters. The van der Waals surface area contributed by atoms with Gasteiger partial charge in [0.25, 0.3) is 0 Å². The third kappa shape index (κ3) is 65.7. The van der Waals surface area contributed by atoms with Crippen molar-refractivity contribution in [2.24, 2.45) is 0 Å². The lowest BCUT2D eigenvalue weighted by Gasteiger charge is -2.18. The molecule has 0 radical (unpaired) electrons. The van der Waals surface area contributed by atoms with Gasteiger partial charge in [-0.1, -0.05) is 325 Å². The van der Waals surface area contributed by atoms with Crippen LogP contribution in [0.5, 0.6) is 0 Å². The molecule has 0 fully saturated rings. The molecular weight excluding hydrogens is 985 g/mol. The first-order chi connectivity index (χ1) is 39.5. The highest BCUT2D eigenvalue weighted by Crippen LogP contribution is 2.18. The number of carbonyl (C=O) groups is 3. The summed E-state index contributed by atoms with van der Waals surface area (Å²) in [5, 5.41) is 0. The van der Waals surface area contributed by atoms with Crippen LogP contribution in [-0.2, 0) is 28.6 Å². The van der Waals surface area contributed by atoms with Crippen LogP contribution in [0.2, 0.25) is 0 Å². The third-order valence-corrected chi connectivity index (χ3v) is 15.4. The van der Waals surface area contributed by atoms with E-state index >= 15 is 0 Å². The Labute approximate surface area is 497 Å². The van der Waals surface area contributed by atoms with Crippen molar-refractivity contribution in [1.82, 2.24) is 0 Å². The molecule has 0 spiro atoms. The zero-order chi connectivity index (χ0) is 57.8. The van der Waals surface area contributed by atoms with Crippen LogP contribution in [0, 0.1) is 0 Å². The van der Waals surface area contributed by atoms with Crippen LogP contribution < -0.4 is 0 Å². The molecule has 0 rings (SSSR count). The zero-order valence-electron chi connectivity index (χ0n) is 53.3. The Morgan fingerprint density at radius 1 is 0.263 bits per heavy atom. The van der Waals surface area contributed by atoms with Gasteiger partial charge in [-0.25, -0.2) is 0 Å². The van der Waals surface area contributed by atoms with Gasteiger partial charge in [0.1, 0.15) is 13.2 Å². The fourth-order valence-electron chi connectivity index (χ4n) is 10.2. The van der Waals surface area contributed by atoms with Crippen LogP contribution in [0.25, 0.3) is 0 Å². The standard InChI is InChI=1S/C74H132O6/c1-4-7-10-13-16-19-22-25-28-31-33-35-37-39-41-43-46-49-52-55-58-61-64-67-73(76)79-70-71(69-78-72(75)66-63-60-57-54-51-48-45-30-27-24-21-18-15-12-9-6-3)80-74(77)68-65-62-59-56-53-50-47-44-42-40-38-36-34-32-29-26-23-20-17-14-11-8-5-2/h7,10,16,19,23,25-26,28,32-35,71H,4-6,8-9,11-15,17-18,20-22,24,27,29-31,36-70H2,1-3H3/b10-7-,19-16-,26-23-,28-25-,34-32-,35-33-. The Bertz CT molecular complexity index is 1470. The maximum Gasteiger partial charge on any atom is 0.306 e. The lowest BCUT2D eigenvalue weighted by molar-refractivity contribution is -0.167. The van der Waals surface area contributed by atoms with E-state index in [0.717, 1.165) is 89.9 Å². The first-order valence-corrected chi connectivity index (χ1v) is 34.9. The maximum atomic E-state index is 13.0. The highest BCUT2D eigenvalue weighted by molar-refractivity contribution is 5.71. The number of hydrogen-bond acceptors (Lipinski definition) is 6. The van der Waals surface area contributed by atoms with Gasteiger partial charge < -0.3 is 14.2 Å². The lowest BCUT2D eigenvalue weighted by Crippen LogP contribution is -2.30. The molecule has 0 heterocycles. The molecule has 0 saturated heterocycles. The normalized spacial score (nSPS) is 12.5. The van der Waals surface area contributed by atoms with Crippen molar-refractivity contribution in [3.63, 3.8) is 0 Å². The first-order valence-electron chi connectivity index (χ1n) is 34.9. The fraction of sp³-hybridized carbons (Fsp3) is 0.797. The van der Waals surface area contributed by atoms with Gasteiger partial charge in [0.15, 0.2) is 6.10 Å². The minimum atomic E-state index is -0.778. The number of esters is 3. The largest absolute Gasteiger partial charge is 0.462 e. The Morgan fingerprint density at radius 3 is 0.762 bits per heavy atom. The van der Waals surface area contributed by atoms with Gasteiger partial charge in [0.05, 0.1) is 0 Å². The second-order valence-electron chi connectivity index (χ2n) is 23.4. The van der Waals surface area contributed by atoms with E-state index in [1.807, 2.05) is 0 Å². The lowest BCUT2D eigenvalue weighted by atomic mass is 10.0. The van der Waals surface area contributed by atoms with E-state index in [1.54, 1.807) is 0 Å². The van der Waals surface area contributed by atoms with Crippen LogP contribution in [0.4, 0.5) is 0 Å². The van der Waals surface area contributed by atoms with Gasteiger partial charge in [0, 0.05) is 19.3 Å². The highest BCUT2D eigenvalue weighted by Gasteiger charge is 2.19. The minimum absolute atomic E-state index is 0.0732. The van der Waals surface area contributed by atoms with Crippen molar-refractivity contribution in [1.29, 1.82) is 0 Å². The summed E-state index contributed by atoms with van der Waals surface area (Å²) >= 11 is 0. The van der Waals surface area contributed by atoms with Crippen LogP contribution in [0.1, 0.15) is 361 Å². The van der Waals surface area contributed by atoms with Gasteiger partial charge in [-0.15, -0.1) is 0 Å². The Hall–Kier alpha value is -3.15. The van der Waals surface area contributed by atoms with Crippen LogP contribution in [0.3, 0.4) is 0 Å². The van der Waals surface area contributed by atoms with Crippen molar-refractivity contribution in [3.8, 4) is 0 Å². The summed E-state index contributed by atoms with van der Waals surface area (Å²) in [6.07, 6.45) is 89.1. The molecule has 1 unspecified atom stereocenters. The number of ether oxygens (including phenoxy) is 3. The topological polar surface area (TPSA) is 78.9 Å². The number of carbonyl (C=O) groups excluding carboxylic acids is 3. The van der Waals surface area contributed by atoms with Gasteiger partial charge in [0.2, 0.25) is 0 Å². The molecule has 6 nitrogen and oxygen atoms in total. The van der Waals surface area contributed by atoms with Crippen molar-refractivity contribution < 1.29 is 28.6 Å². The minimum Gasteiger partial charge on any atom is -0.462 e. The molecule has 0 saturated carbocycles. The van der Waals surface area contributed by atoms with Crippen LogP contribution in [0.15, 0.2) is 72.9 Å². The molecule has 6 heteroatoms. The van der Waals surface area contributed by atoms with E-state index in [9.17, 15) is 14.4 Å². The number of hydrogen-bond donors (Lipinski definition) is 0. The van der Waals surface area contributed by atoms with E-state index in [0.29, 0.717) is 19.3 Å². The van der Waals surface area contributed by atoms with E-state index < -0.39 is 6.10 Å². The Morgan fingerprint density at radius 2 is 0.487 bits per heavy atom. The molecule has 0 bridgehead atoms. The van der Waals surface area contributed by atoms with Gasteiger partial charge in [-0.05, 0) is 89.9 Å². The van der Waals surface area contributed by atoms with Gasteiger partial charge >= 0.3 is 17.9 Å². The third-order valence-electron chi connectivity index (χ3n) is 15.4. The summed E-state index contributed by atoms with van der Waals surface area (Å²) in [6, 6.07) is 0. The van der Waals surface area contributed by atoms with Gasteiger partial charge in [-0.3, -0.25) is 14.4 Å². The fourth-order valence-corrected chi connectivity index (χ4v) is 10.2. The average molecular weight is 1120 g/mol. The summed E-state index contributed by atoms with van der Waals surface area (Å²) in [4.78, 5) is 38.5. The summed E-state index contributed by atoms with van der Waals surface area (Å²) in [5.41, 5.74) is 0. The number of allylic oxidation sites excluding steroid dienone is 12. The van der Waals surface area contributed by atoms with Gasteiger partial charge in [-0.2, -0.15) is 0 Å². The first kappa shape index (κ1) is 76.9. The molecular formula is C74H132O6. The van der Waals surface area contributed by atoms with E-state index in [1.165, 1.54) is 231 Å². The van der Waals surface area contributed by atoms with Crippen LogP contribution >= 0.6 is 0 Å². The summed E-state index contributed by atoms with van der Waals surface area (Å²) in [5.74, 6) is -0.857. The number of rotatable bonds is 64. The second-order valence-corrected chi connectivity index (χ2v) is 23.4. The smallest absolute Gasteiger partial charge is 0.306 e. The summed E-state index contributed by atoms with van der Waals surface area (Å²) in [7, 11) is 0. The SMILES string of the molecule is CC/C=C\C/C=C\C/C=C\C/C=C\CCCCCCCCCCCCC(=O)OCC(COC(=O)CCCCCCCCCCCCCCCCCC)OC(=O)CCCCCCCCCCCCC/C=C\C/C=C\CCCCCCC. The zero-order valence-corrected chi connectivity index (χ0v) is 53.3. The van der Waals surface area contributed by atoms with E-state index in [-0.39, 0.29) is 31.1 Å². The summed E-state index contributed by atoms with van der Waals surface area (Å²) < 4.78 is 17.0. The van der Waals surface area contributed by atoms with Crippen molar-refractivity contribution >= 4 is 17.9 Å². The number of unbranched alkanes of at least 4 members (excludes halogenated alkanes) is 41. The molecule has 0 aliphatic rings. The maximum absolute atomic E-state index is 13.0. The molecule has 0 amide bonds. The molecule has 80 heavy (non-hydrogen) atoms. The molecule has 0 aliphatic carbocycles. The monoisotopic (exact) mass is 1120 g/mol. The van der Waals surface area contributed by atoms with Crippen molar-refractivity contribution in [3.05, 3.63) is 72.9 Å². The molecule has 0 aromatic rings. The quantitative estimate of drug-likeness (QED) is 0.0261. The second kappa shape index (κ2) is 68.3. The molecule has 0 aromatic heterocycles. The Kier molecular flexibility index (Phi) is 65.7. The predicted octanol–water partition coefficient (Wildman–Crippen LogP) is 24.1. The molecule has 0 aromatic carbocycles. The predicted molar refractivity (Wildman–Crippen MR) is 348 cm³/mol. The average Bonchev–Trinajstić information content (AvgIpc) is 3.46. The Balaban J connectivity index is 4.33. The molecule has 0 N–H and O–H groups in total.